The molecule has 1 unspecified atom stereocenters. The smallest absolute Gasteiger partial charge is 0.0239 e. The zero-order chi connectivity index (χ0) is 12.4. The van der Waals surface area contributed by atoms with Crippen LogP contribution in [0.2, 0.25) is 0 Å². The lowest BCUT2D eigenvalue weighted by atomic mass is 9.78. The van der Waals surface area contributed by atoms with Crippen molar-refractivity contribution in [2.45, 2.75) is 57.5 Å². The summed E-state index contributed by atoms with van der Waals surface area (Å²) in [7, 11) is 0. The molecule has 1 heteroatoms. The average Bonchev–Trinajstić information content (AvgIpc) is 2.76. The van der Waals surface area contributed by atoms with Crippen LogP contribution >= 0.6 is 0 Å². The molecule has 0 N–H and O–H groups in total. The van der Waals surface area contributed by atoms with E-state index in [-0.39, 0.29) is 0 Å². The van der Waals surface area contributed by atoms with Gasteiger partial charge < -0.3 is 0 Å². The van der Waals surface area contributed by atoms with Crippen LogP contribution in [0.25, 0.3) is 0 Å². The van der Waals surface area contributed by atoms with Crippen molar-refractivity contribution in [1.82, 2.24) is 4.90 Å². The fraction of sp³-hybridized carbons (Fsp3) is 0.647. The van der Waals surface area contributed by atoms with Crippen LogP contribution in [0.5, 0.6) is 0 Å². The minimum atomic E-state index is 0.536. The van der Waals surface area contributed by atoms with Crippen molar-refractivity contribution in [1.29, 1.82) is 0 Å². The number of benzene rings is 1. The van der Waals surface area contributed by atoms with Crippen molar-refractivity contribution in [3.8, 4) is 0 Å². The van der Waals surface area contributed by atoms with Crippen molar-refractivity contribution in [3.05, 3.63) is 35.9 Å². The Bertz CT molecular complexity index is 386. The van der Waals surface area contributed by atoms with Crippen LogP contribution in [0.1, 0.15) is 51.0 Å². The molecule has 3 rings (SSSR count). The van der Waals surface area contributed by atoms with Gasteiger partial charge in [0.15, 0.2) is 0 Å². The third-order valence-electron chi connectivity index (χ3n) is 5.30. The van der Waals surface area contributed by atoms with Gasteiger partial charge in [-0.1, -0.05) is 50.1 Å². The topological polar surface area (TPSA) is 3.24 Å². The molecule has 1 aliphatic carbocycles. The first-order valence-corrected chi connectivity index (χ1v) is 7.60. The number of likely N-dealkylation sites (tertiary alicyclic amines) is 1. The van der Waals surface area contributed by atoms with E-state index in [1.165, 1.54) is 50.6 Å². The molecule has 2 atom stereocenters. The maximum atomic E-state index is 2.81. The van der Waals surface area contributed by atoms with Gasteiger partial charge in [0.2, 0.25) is 0 Å². The van der Waals surface area contributed by atoms with Gasteiger partial charge in [0.25, 0.3) is 0 Å². The first-order chi connectivity index (χ1) is 8.81. The highest BCUT2D eigenvalue weighted by Gasteiger charge is 2.45. The van der Waals surface area contributed by atoms with E-state index in [2.05, 4.69) is 42.2 Å². The lowest BCUT2D eigenvalue weighted by Crippen LogP contribution is -2.52. The quantitative estimate of drug-likeness (QED) is 0.751. The molecular weight excluding hydrogens is 218 g/mol. The van der Waals surface area contributed by atoms with E-state index in [4.69, 9.17) is 0 Å². The molecule has 1 aromatic carbocycles. The Balaban J connectivity index is 1.80. The SMILES string of the molecule is C[C@@H]1CCCC12CCCCN2Cc1ccccc1. The molecule has 0 bridgehead atoms. The maximum Gasteiger partial charge on any atom is 0.0239 e. The second-order valence-electron chi connectivity index (χ2n) is 6.26. The molecule has 1 heterocycles. The predicted molar refractivity (Wildman–Crippen MR) is 76.4 cm³/mol. The molecule has 0 aromatic heterocycles. The Morgan fingerprint density at radius 3 is 2.61 bits per heavy atom. The molecule has 1 saturated heterocycles. The number of hydrogen-bond acceptors (Lipinski definition) is 1. The predicted octanol–water partition coefficient (Wildman–Crippen LogP) is 4.23. The lowest BCUT2D eigenvalue weighted by Gasteiger charge is -2.48. The largest absolute Gasteiger partial charge is 0.293 e. The van der Waals surface area contributed by atoms with Crippen LogP contribution < -0.4 is 0 Å². The van der Waals surface area contributed by atoms with E-state index in [1.54, 1.807) is 0 Å². The molecule has 98 valence electrons. The van der Waals surface area contributed by atoms with Crippen LogP contribution in [-0.4, -0.2) is 17.0 Å². The molecular formula is C17H25N. The third kappa shape index (κ3) is 2.09. The highest BCUT2D eigenvalue weighted by atomic mass is 15.2. The van der Waals surface area contributed by atoms with Crippen molar-refractivity contribution >= 4 is 0 Å². The monoisotopic (exact) mass is 243 g/mol. The zero-order valence-electron chi connectivity index (χ0n) is 11.6. The van der Waals surface area contributed by atoms with Crippen molar-refractivity contribution in [3.63, 3.8) is 0 Å². The third-order valence-corrected chi connectivity index (χ3v) is 5.30. The highest BCUT2D eigenvalue weighted by Crippen LogP contribution is 2.46. The number of hydrogen-bond donors (Lipinski definition) is 0. The molecule has 1 nitrogen and oxygen atoms in total. The summed E-state index contributed by atoms with van der Waals surface area (Å²) in [6.45, 7) is 4.95. The van der Waals surface area contributed by atoms with E-state index in [9.17, 15) is 0 Å². The van der Waals surface area contributed by atoms with E-state index >= 15 is 0 Å². The van der Waals surface area contributed by atoms with Gasteiger partial charge in [-0.15, -0.1) is 0 Å². The second-order valence-corrected chi connectivity index (χ2v) is 6.26. The number of rotatable bonds is 2. The van der Waals surface area contributed by atoms with Crippen molar-refractivity contribution in [2.24, 2.45) is 5.92 Å². The maximum absolute atomic E-state index is 2.81. The summed E-state index contributed by atoms with van der Waals surface area (Å²) in [5.74, 6) is 0.890. The summed E-state index contributed by atoms with van der Waals surface area (Å²) < 4.78 is 0. The van der Waals surface area contributed by atoms with Gasteiger partial charge in [-0.3, -0.25) is 4.90 Å². The molecule has 0 amide bonds. The van der Waals surface area contributed by atoms with E-state index in [0.717, 1.165) is 12.5 Å². The van der Waals surface area contributed by atoms with Gasteiger partial charge in [-0.25, -0.2) is 0 Å². The van der Waals surface area contributed by atoms with Crippen LogP contribution in [0.4, 0.5) is 0 Å². The molecule has 0 radical (unpaired) electrons. The molecule has 2 fully saturated rings. The minimum absolute atomic E-state index is 0.536. The molecule has 2 aliphatic rings. The summed E-state index contributed by atoms with van der Waals surface area (Å²) >= 11 is 0. The summed E-state index contributed by atoms with van der Waals surface area (Å²) in [6.07, 6.45) is 8.57. The molecule has 1 saturated carbocycles. The van der Waals surface area contributed by atoms with Crippen LogP contribution in [-0.2, 0) is 6.54 Å². The van der Waals surface area contributed by atoms with Gasteiger partial charge >= 0.3 is 0 Å². The summed E-state index contributed by atoms with van der Waals surface area (Å²) in [4.78, 5) is 2.81. The van der Waals surface area contributed by atoms with Crippen LogP contribution in [0.15, 0.2) is 30.3 Å². The normalized spacial score (nSPS) is 33.1. The van der Waals surface area contributed by atoms with E-state index in [1.807, 2.05) is 0 Å². The summed E-state index contributed by atoms with van der Waals surface area (Å²) in [5.41, 5.74) is 2.02. The standard InChI is InChI=1S/C17H25N/c1-15-8-7-12-17(15)11-5-6-13-18(17)14-16-9-3-2-4-10-16/h2-4,9-10,15H,5-8,11-14H2,1H3/t15-,17?/m1/s1. The van der Waals surface area contributed by atoms with Crippen LogP contribution in [0.3, 0.4) is 0 Å². The van der Waals surface area contributed by atoms with Gasteiger partial charge in [0.1, 0.15) is 0 Å². The Kier molecular flexibility index (Phi) is 3.43. The van der Waals surface area contributed by atoms with Gasteiger partial charge in [-0.2, -0.15) is 0 Å². The van der Waals surface area contributed by atoms with Gasteiger partial charge in [0, 0.05) is 12.1 Å². The fourth-order valence-electron chi connectivity index (χ4n) is 4.23. The Labute approximate surface area is 111 Å². The summed E-state index contributed by atoms with van der Waals surface area (Å²) in [5, 5.41) is 0. The van der Waals surface area contributed by atoms with Crippen molar-refractivity contribution < 1.29 is 0 Å². The Morgan fingerprint density at radius 1 is 1.11 bits per heavy atom. The first kappa shape index (κ1) is 12.2. The fourth-order valence-corrected chi connectivity index (χ4v) is 4.23. The number of nitrogens with zero attached hydrogens (tertiary/aromatic N) is 1. The Hall–Kier alpha value is -0.820. The highest BCUT2D eigenvalue weighted by molar-refractivity contribution is 5.16. The molecule has 1 aromatic rings. The van der Waals surface area contributed by atoms with Crippen molar-refractivity contribution in [2.75, 3.05) is 6.54 Å². The number of piperidine rings is 1. The minimum Gasteiger partial charge on any atom is -0.293 e. The lowest BCUT2D eigenvalue weighted by molar-refractivity contribution is 0.0128. The molecule has 18 heavy (non-hydrogen) atoms. The second kappa shape index (κ2) is 5.05. The van der Waals surface area contributed by atoms with E-state index < -0.39 is 0 Å². The zero-order valence-corrected chi connectivity index (χ0v) is 11.6. The Morgan fingerprint density at radius 2 is 1.89 bits per heavy atom. The molecule has 1 spiro atoms. The van der Waals surface area contributed by atoms with E-state index in [0.29, 0.717) is 5.54 Å². The van der Waals surface area contributed by atoms with Crippen LogP contribution in [0, 0.1) is 5.92 Å². The molecule has 1 aliphatic heterocycles. The van der Waals surface area contributed by atoms with Gasteiger partial charge in [0.05, 0.1) is 0 Å². The summed E-state index contributed by atoms with van der Waals surface area (Å²) in [6, 6.07) is 11.0. The van der Waals surface area contributed by atoms with Gasteiger partial charge in [-0.05, 0) is 43.7 Å². The average molecular weight is 243 g/mol. The first-order valence-electron chi connectivity index (χ1n) is 7.60.